The van der Waals surface area contributed by atoms with Gasteiger partial charge in [-0.05, 0) is 30.2 Å². The first-order valence-corrected chi connectivity index (χ1v) is 7.37. The molecule has 0 aliphatic carbocycles. The molecule has 2 rings (SSSR count). The van der Waals surface area contributed by atoms with Crippen LogP contribution in [0.2, 0.25) is 0 Å². The zero-order valence-corrected chi connectivity index (χ0v) is 13.0. The number of hydrogen-bond acceptors (Lipinski definition) is 3. The molecule has 23 heavy (non-hydrogen) atoms. The van der Waals surface area contributed by atoms with Crippen LogP contribution >= 0.6 is 0 Å². The van der Waals surface area contributed by atoms with Crippen LogP contribution < -0.4 is 5.32 Å². The van der Waals surface area contributed by atoms with Crippen LogP contribution in [0.5, 0.6) is 0 Å². The molecule has 0 unspecified atom stereocenters. The third-order valence-corrected chi connectivity index (χ3v) is 3.61. The highest BCUT2D eigenvalue weighted by molar-refractivity contribution is 5.59. The minimum Gasteiger partial charge on any atom is -0.395 e. The van der Waals surface area contributed by atoms with Crippen LogP contribution in [-0.2, 0) is 6.54 Å². The Hall–Kier alpha value is -1.92. The molecule has 3 nitrogen and oxygen atoms in total. The van der Waals surface area contributed by atoms with Gasteiger partial charge in [0.15, 0.2) is 0 Å². The van der Waals surface area contributed by atoms with Crippen LogP contribution in [0.3, 0.4) is 0 Å². The number of hydrogen-bond donors (Lipinski definition) is 2. The van der Waals surface area contributed by atoms with Gasteiger partial charge in [0.25, 0.3) is 0 Å². The Kier molecular flexibility index (Phi) is 5.74. The largest absolute Gasteiger partial charge is 0.395 e. The average Bonchev–Trinajstić information content (AvgIpc) is 2.48. The van der Waals surface area contributed by atoms with Crippen molar-refractivity contribution in [2.24, 2.45) is 5.92 Å². The molecule has 1 heterocycles. The van der Waals surface area contributed by atoms with Gasteiger partial charge in [0.1, 0.15) is 17.5 Å². The van der Waals surface area contributed by atoms with Gasteiger partial charge in [0.05, 0.1) is 18.0 Å². The van der Waals surface area contributed by atoms with Crippen LogP contribution in [0.15, 0.2) is 30.3 Å². The van der Waals surface area contributed by atoms with E-state index in [9.17, 15) is 18.3 Å². The molecule has 1 atom stereocenters. The maximum absolute atomic E-state index is 13.9. The molecule has 0 amide bonds. The van der Waals surface area contributed by atoms with Crippen molar-refractivity contribution < 1.29 is 18.3 Å². The summed E-state index contributed by atoms with van der Waals surface area (Å²) in [5, 5.41) is 12.3. The smallest absolute Gasteiger partial charge is 0.146 e. The van der Waals surface area contributed by atoms with Crippen molar-refractivity contribution in [2.75, 3.05) is 6.61 Å². The molecule has 2 N–H and O–H groups in total. The fraction of sp³-hybridized carbons (Fsp3) is 0.353. The lowest BCUT2D eigenvalue weighted by atomic mass is 10.1. The molecule has 1 aromatic heterocycles. The number of benzene rings is 1. The van der Waals surface area contributed by atoms with E-state index in [1.807, 2.05) is 13.8 Å². The van der Waals surface area contributed by atoms with E-state index in [1.54, 1.807) is 0 Å². The van der Waals surface area contributed by atoms with E-state index in [4.69, 9.17) is 0 Å². The van der Waals surface area contributed by atoms with Crippen molar-refractivity contribution in [3.8, 4) is 11.3 Å². The Morgan fingerprint density at radius 2 is 1.74 bits per heavy atom. The first-order valence-electron chi connectivity index (χ1n) is 7.37. The summed E-state index contributed by atoms with van der Waals surface area (Å²) in [5.74, 6) is -1.78. The minimum absolute atomic E-state index is 0.0753. The van der Waals surface area contributed by atoms with Gasteiger partial charge in [0.2, 0.25) is 0 Å². The van der Waals surface area contributed by atoms with Crippen LogP contribution in [-0.4, -0.2) is 22.7 Å². The lowest BCUT2D eigenvalue weighted by Crippen LogP contribution is -2.36. The highest BCUT2D eigenvalue weighted by Crippen LogP contribution is 2.21. The molecule has 1 aromatic carbocycles. The number of rotatable bonds is 6. The summed E-state index contributed by atoms with van der Waals surface area (Å²) in [7, 11) is 0. The van der Waals surface area contributed by atoms with Crippen LogP contribution in [0.25, 0.3) is 11.3 Å². The van der Waals surface area contributed by atoms with Crippen molar-refractivity contribution in [3.63, 3.8) is 0 Å². The van der Waals surface area contributed by atoms with Gasteiger partial charge in [-0.15, -0.1) is 0 Å². The van der Waals surface area contributed by atoms with Gasteiger partial charge in [-0.3, -0.25) is 0 Å². The SMILES string of the molecule is CC(C)[C@H](CO)NCc1nc(-c2cc(F)cc(F)c2)ccc1F. The number of aliphatic hydroxyl groups is 1. The Morgan fingerprint density at radius 1 is 1.09 bits per heavy atom. The lowest BCUT2D eigenvalue weighted by Gasteiger charge is -2.20. The Labute approximate surface area is 133 Å². The zero-order chi connectivity index (χ0) is 17.0. The topological polar surface area (TPSA) is 45.1 Å². The first-order chi connectivity index (χ1) is 10.9. The number of nitrogens with zero attached hydrogens (tertiary/aromatic N) is 1. The van der Waals surface area contributed by atoms with Gasteiger partial charge in [0, 0.05) is 24.2 Å². The normalized spacial score (nSPS) is 12.7. The summed E-state index contributed by atoms with van der Waals surface area (Å²) >= 11 is 0. The van der Waals surface area contributed by atoms with Crippen LogP contribution in [0.1, 0.15) is 19.5 Å². The van der Waals surface area contributed by atoms with E-state index in [0.717, 1.165) is 18.2 Å². The first kappa shape index (κ1) is 17.4. The Morgan fingerprint density at radius 3 is 2.30 bits per heavy atom. The van der Waals surface area contributed by atoms with Gasteiger partial charge in [-0.1, -0.05) is 13.8 Å². The predicted octanol–water partition coefficient (Wildman–Crippen LogP) is 3.27. The number of pyridine rings is 1. The summed E-state index contributed by atoms with van der Waals surface area (Å²) in [6.45, 7) is 3.90. The second-order valence-electron chi connectivity index (χ2n) is 5.70. The molecule has 0 bridgehead atoms. The van der Waals surface area contributed by atoms with Crippen molar-refractivity contribution in [1.29, 1.82) is 0 Å². The molecule has 124 valence electrons. The number of aliphatic hydroxyl groups excluding tert-OH is 1. The summed E-state index contributed by atoms with van der Waals surface area (Å²) in [6.07, 6.45) is 0. The van der Waals surface area contributed by atoms with Crippen molar-refractivity contribution in [3.05, 3.63) is 53.5 Å². The van der Waals surface area contributed by atoms with Gasteiger partial charge < -0.3 is 10.4 Å². The third-order valence-electron chi connectivity index (χ3n) is 3.61. The lowest BCUT2D eigenvalue weighted by molar-refractivity contribution is 0.209. The van der Waals surface area contributed by atoms with E-state index in [-0.39, 0.29) is 42.1 Å². The number of halogens is 3. The van der Waals surface area contributed by atoms with Crippen LogP contribution in [0.4, 0.5) is 13.2 Å². The Bertz CT molecular complexity index is 657. The molecule has 0 aliphatic heterocycles. The molecule has 0 spiro atoms. The second-order valence-corrected chi connectivity index (χ2v) is 5.70. The highest BCUT2D eigenvalue weighted by atomic mass is 19.1. The summed E-state index contributed by atoms with van der Waals surface area (Å²) < 4.78 is 40.5. The van der Waals surface area contributed by atoms with E-state index in [2.05, 4.69) is 10.3 Å². The quantitative estimate of drug-likeness (QED) is 0.857. The molecule has 2 aromatic rings. The van der Waals surface area contributed by atoms with Crippen LogP contribution in [0, 0.1) is 23.4 Å². The maximum Gasteiger partial charge on any atom is 0.146 e. The molecule has 0 saturated heterocycles. The minimum atomic E-state index is -0.717. The van der Waals surface area contributed by atoms with E-state index in [1.165, 1.54) is 12.1 Å². The highest BCUT2D eigenvalue weighted by Gasteiger charge is 2.14. The van der Waals surface area contributed by atoms with Gasteiger partial charge in [-0.25, -0.2) is 18.2 Å². The summed E-state index contributed by atoms with van der Waals surface area (Å²) in [4.78, 5) is 4.14. The second kappa shape index (κ2) is 7.57. The van der Waals surface area contributed by atoms with Gasteiger partial charge >= 0.3 is 0 Å². The molecule has 0 saturated carbocycles. The standard InChI is InChI=1S/C17H19F3N2O/c1-10(2)17(9-23)21-8-16-14(20)3-4-15(22-16)11-5-12(18)7-13(19)6-11/h3-7,10,17,21,23H,8-9H2,1-2H3/t17-/m0/s1. The third kappa shape index (κ3) is 4.53. The number of nitrogens with one attached hydrogen (secondary N) is 1. The fourth-order valence-corrected chi connectivity index (χ4v) is 2.21. The van der Waals surface area contributed by atoms with E-state index < -0.39 is 17.5 Å². The monoisotopic (exact) mass is 324 g/mol. The number of aromatic nitrogens is 1. The average molecular weight is 324 g/mol. The van der Waals surface area contributed by atoms with E-state index in [0.29, 0.717) is 0 Å². The Balaban J connectivity index is 2.25. The fourth-order valence-electron chi connectivity index (χ4n) is 2.21. The molecule has 0 aliphatic rings. The van der Waals surface area contributed by atoms with Crippen molar-refractivity contribution >= 4 is 0 Å². The molecule has 0 fully saturated rings. The summed E-state index contributed by atoms with van der Waals surface area (Å²) in [5.41, 5.74) is 0.657. The molecular formula is C17H19F3N2O. The zero-order valence-electron chi connectivity index (χ0n) is 13.0. The molecule has 0 radical (unpaired) electrons. The molecule has 6 heteroatoms. The van der Waals surface area contributed by atoms with E-state index >= 15 is 0 Å². The summed E-state index contributed by atoms with van der Waals surface area (Å²) in [6, 6.07) is 5.46. The predicted molar refractivity (Wildman–Crippen MR) is 82.1 cm³/mol. The van der Waals surface area contributed by atoms with Gasteiger partial charge in [-0.2, -0.15) is 0 Å². The van der Waals surface area contributed by atoms with Crippen molar-refractivity contribution in [2.45, 2.75) is 26.4 Å². The maximum atomic E-state index is 13.9. The molecular weight excluding hydrogens is 305 g/mol. The van der Waals surface area contributed by atoms with Crippen molar-refractivity contribution in [1.82, 2.24) is 10.3 Å².